The normalized spacial score (nSPS) is 26.8. The van der Waals surface area contributed by atoms with Crippen LogP contribution in [0.25, 0.3) is 10.9 Å². The van der Waals surface area contributed by atoms with Gasteiger partial charge < -0.3 is 20.9 Å². The number of carbonyl (C=O) groups excluding carboxylic acids is 2. The number of aromatic amines is 1. The van der Waals surface area contributed by atoms with Crippen LogP contribution in [-0.4, -0.2) is 58.3 Å². The van der Waals surface area contributed by atoms with Gasteiger partial charge in [0.1, 0.15) is 0 Å². The van der Waals surface area contributed by atoms with E-state index in [0.717, 1.165) is 36.6 Å². The summed E-state index contributed by atoms with van der Waals surface area (Å²) in [5, 5.41) is 17.1. The predicted octanol–water partition coefficient (Wildman–Crippen LogP) is 2.98. The van der Waals surface area contributed by atoms with Crippen molar-refractivity contribution in [2.75, 3.05) is 12.4 Å². The Morgan fingerprint density at radius 1 is 1.03 bits per heavy atom. The van der Waals surface area contributed by atoms with Gasteiger partial charge in [-0.2, -0.15) is 5.10 Å². The first kappa shape index (κ1) is 19.4. The van der Waals surface area contributed by atoms with Crippen LogP contribution in [0.2, 0.25) is 0 Å². The maximum Gasteiger partial charge on any atom is 0.319 e. The van der Waals surface area contributed by atoms with E-state index in [1.807, 2.05) is 18.2 Å². The number of amides is 3. The smallest absolute Gasteiger partial charge is 0.319 e. The minimum atomic E-state index is -0.185. The molecule has 0 unspecified atom stereocenters. The third-order valence-electron chi connectivity index (χ3n) is 7.16. The Hall–Kier alpha value is -2.61. The van der Waals surface area contributed by atoms with Gasteiger partial charge in [0.05, 0.1) is 5.52 Å². The highest BCUT2D eigenvalue weighted by molar-refractivity contribution is 6.05. The zero-order valence-electron chi connectivity index (χ0n) is 17.4. The first-order valence-electron chi connectivity index (χ1n) is 11.2. The average Bonchev–Trinajstić information content (AvgIpc) is 3.41. The second kappa shape index (κ2) is 7.91. The quantitative estimate of drug-likeness (QED) is 0.622. The molecular weight excluding hydrogens is 380 g/mol. The van der Waals surface area contributed by atoms with Crippen LogP contribution in [0.15, 0.2) is 18.2 Å². The predicted molar refractivity (Wildman–Crippen MR) is 116 cm³/mol. The van der Waals surface area contributed by atoms with Crippen LogP contribution in [0.3, 0.4) is 0 Å². The van der Waals surface area contributed by atoms with E-state index >= 15 is 0 Å². The lowest BCUT2D eigenvalue weighted by Gasteiger charge is -2.36. The summed E-state index contributed by atoms with van der Waals surface area (Å²) in [6.07, 6.45) is 8.90. The van der Waals surface area contributed by atoms with Crippen molar-refractivity contribution in [2.24, 2.45) is 0 Å². The van der Waals surface area contributed by atoms with Crippen LogP contribution in [0.4, 0.5) is 10.5 Å². The lowest BCUT2D eigenvalue weighted by atomic mass is 9.98. The molecule has 3 aliphatic rings. The Bertz CT molecular complexity index is 936. The van der Waals surface area contributed by atoms with Gasteiger partial charge in [-0.25, -0.2) is 4.79 Å². The molecule has 8 heteroatoms. The molecule has 3 heterocycles. The molecular formula is C22H30N6O2. The van der Waals surface area contributed by atoms with E-state index in [4.69, 9.17) is 0 Å². The third-order valence-corrected chi connectivity index (χ3v) is 7.16. The molecule has 2 saturated heterocycles. The van der Waals surface area contributed by atoms with Gasteiger partial charge in [0.25, 0.3) is 5.91 Å². The van der Waals surface area contributed by atoms with Crippen LogP contribution in [0, 0.1) is 0 Å². The van der Waals surface area contributed by atoms with E-state index in [1.54, 1.807) is 0 Å². The Labute approximate surface area is 176 Å². The molecule has 1 aromatic heterocycles. The Morgan fingerprint density at radius 3 is 2.50 bits per heavy atom. The molecule has 2 aliphatic heterocycles. The number of hydrogen-bond acceptors (Lipinski definition) is 4. The van der Waals surface area contributed by atoms with E-state index in [2.05, 4.69) is 38.1 Å². The van der Waals surface area contributed by atoms with Crippen LogP contribution in [0.5, 0.6) is 0 Å². The molecule has 4 N–H and O–H groups in total. The third kappa shape index (κ3) is 3.76. The molecule has 8 nitrogen and oxygen atoms in total. The van der Waals surface area contributed by atoms with E-state index in [0.29, 0.717) is 23.5 Å². The highest BCUT2D eigenvalue weighted by atomic mass is 16.2. The van der Waals surface area contributed by atoms with Gasteiger partial charge in [0.2, 0.25) is 0 Å². The molecule has 3 fully saturated rings. The summed E-state index contributed by atoms with van der Waals surface area (Å²) < 4.78 is 0. The number of nitrogens with one attached hydrogen (secondary N) is 4. The number of anilines is 1. The van der Waals surface area contributed by atoms with Crippen molar-refractivity contribution in [1.82, 2.24) is 25.7 Å². The second-order valence-electron chi connectivity index (χ2n) is 9.10. The molecule has 1 aliphatic carbocycles. The molecule has 0 radical (unpaired) electrons. The maximum absolute atomic E-state index is 12.9. The summed E-state index contributed by atoms with van der Waals surface area (Å²) in [5.41, 5.74) is 1.83. The van der Waals surface area contributed by atoms with Gasteiger partial charge in [-0.15, -0.1) is 0 Å². The molecule has 2 aromatic rings. The minimum Gasteiger partial charge on any atom is -0.348 e. The molecule has 1 aromatic carbocycles. The number of nitrogens with zero attached hydrogens (tertiary/aromatic N) is 2. The summed E-state index contributed by atoms with van der Waals surface area (Å²) >= 11 is 0. The maximum atomic E-state index is 12.9. The van der Waals surface area contributed by atoms with Crippen LogP contribution >= 0.6 is 0 Å². The van der Waals surface area contributed by atoms with Gasteiger partial charge in [0.15, 0.2) is 5.69 Å². The number of urea groups is 1. The van der Waals surface area contributed by atoms with Crippen LogP contribution < -0.4 is 16.0 Å². The fourth-order valence-corrected chi connectivity index (χ4v) is 5.48. The van der Waals surface area contributed by atoms with Crippen molar-refractivity contribution in [1.29, 1.82) is 0 Å². The largest absolute Gasteiger partial charge is 0.348 e. The summed E-state index contributed by atoms with van der Waals surface area (Å²) in [6, 6.07) is 6.93. The van der Waals surface area contributed by atoms with Crippen LogP contribution in [0.1, 0.15) is 61.9 Å². The van der Waals surface area contributed by atoms with Gasteiger partial charge in [-0.3, -0.25) is 9.89 Å². The lowest BCUT2D eigenvalue weighted by Crippen LogP contribution is -2.48. The zero-order chi connectivity index (χ0) is 20.7. The second-order valence-corrected chi connectivity index (χ2v) is 9.10. The van der Waals surface area contributed by atoms with Gasteiger partial charge in [-0.05, 0) is 63.8 Å². The average molecular weight is 411 g/mol. The van der Waals surface area contributed by atoms with E-state index in [-0.39, 0.29) is 24.0 Å². The van der Waals surface area contributed by atoms with Gasteiger partial charge in [-0.1, -0.05) is 12.8 Å². The van der Waals surface area contributed by atoms with Crippen molar-refractivity contribution in [2.45, 2.75) is 75.5 Å². The first-order valence-corrected chi connectivity index (χ1v) is 11.2. The van der Waals surface area contributed by atoms with E-state index < -0.39 is 0 Å². The van der Waals surface area contributed by atoms with Crippen molar-refractivity contribution in [3.05, 3.63) is 23.9 Å². The number of aromatic nitrogens is 2. The number of carbonyl (C=O) groups is 2. The van der Waals surface area contributed by atoms with E-state index in [9.17, 15) is 9.59 Å². The highest BCUT2D eigenvalue weighted by Crippen LogP contribution is 2.34. The zero-order valence-corrected chi connectivity index (χ0v) is 17.4. The van der Waals surface area contributed by atoms with Crippen molar-refractivity contribution in [3.8, 4) is 0 Å². The molecule has 0 spiro atoms. The number of hydrogen-bond donors (Lipinski definition) is 4. The number of benzene rings is 1. The first-order chi connectivity index (χ1) is 14.6. The molecule has 30 heavy (non-hydrogen) atoms. The lowest BCUT2D eigenvalue weighted by molar-refractivity contribution is 0.0879. The monoisotopic (exact) mass is 410 g/mol. The Balaban J connectivity index is 1.23. The molecule has 2 bridgehead atoms. The molecule has 3 atom stereocenters. The molecule has 1 saturated carbocycles. The standard InChI is InChI=1S/C22H30N6O2/c1-28-16-7-8-17(28)11-15(10-16)23-21(29)20-18-9-6-14(12-19(18)26-27-20)25-22(30)24-13-4-2-3-5-13/h6,9,12-13,15-17H,2-5,7-8,10-11H2,1H3,(H,23,29)(H,26,27)(H2,24,25,30)/t15-,16+,17-. The molecule has 160 valence electrons. The number of H-pyrrole nitrogens is 1. The highest BCUT2D eigenvalue weighted by Gasteiger charge is 2.39. The summed E-state index contributed by atoms with van der Waals surface area (Å²) in [4.78, 5) is 27.5. The number of fused-ring (bicyclic) bond motifs is 3. The fourth-order valence-electron chi connectivity index (χ4n) is 5.48. The Morgan fingerprint density at radius 2 is 1.77 bits per heavy atom. The SMILES string of the molecule is CN1[C@@H]2CC[C@H]1C[C@@H](NC(=O)c1n[nH]c3cc(NC(=O)NC4CCCC4)ccc13)C2. The number of piperidine rings is 1. The molecule has 5 rings (SSSR count). The van der Waals surface area contributed by atoms with Crippen molar-refractivity contribution in [3.63, 3.8) is 0 Å². The van der Waals surface area contributed by atoms with Crippen molar-refractivity contribution < 1.29 is 9.59 Å². The van der Waals surface area contributed by atoms with E-state index in [1.165, 1.54) is 25.7 Å². The number of rotatable bonds is 4. The summed E-state index contributed by atoms with van der Waals surface area (Å²) in [5.74, 6) is -0.130. The van der Waals surface area contributed by atoms with Crippen molar-refractivity contribution >= 4 is 28.5 Å². The van der Waals surface area contributed by atoms with Gasteiger partial charge in [0, 0.05) is 35.2 Å². The molecule has 3 amide bonds. The van der Waals surface area contributed by atoms with Gasteiger partial charge >= 0.3 is 6.03 Å². The topological polar surface area (TPSA) is 102 Å². The minimum absolute atomic E-state index is 0.130. The van der Waals surface area contributed by atoms with Crippen LogP contribution in [-0.2, 0) is 0 Å². The summed E-state index contributed by atoms with van der Waals surface area (Å²) in [6.45, 7) is 0. The fraction of sp³-hybridized carbons (Fsp3) is 0.591. The summed E-state index contributed by atoms with van der Waals surface area (Å²) in [7, 11) is 2.20. The Kier molecular flexibility index (Phi) is 5.10.